The minimum absolute atomic E-state index is 0.739. The Morgan fingerprint density at radius 2 is 2.37 bits per heavy atom. The van der Waals surface area contributed by atoms with Crippen LogP contribution >= 0.6 is 15.9 Å². The summed E-state index contributed by atoms with van der Waals surface area (Å²) in [5, 5.41) is 3.37. The molecule has 1 unspecified atom stereocenters. The average molecular weight is 322 g/mol. The first-order chi connectivity index (χ1) is 9.33. The predicted molar refractivity (Wildman–Crippen MR) is 78.3 cm³/mol. The maximum absolute atomic E-state index is 5.88. The first-order valence-corrected chi connectivity index (χ1v) is 7.36. The van der Waals surface area contributed by atoms with Gasteiger partial charge in [-0.2, -0.15) is 0 Å². The van der Waals surface area contributed by atoms with Gasteiger partial charge in [-0.3, -0.25) is 4.98 Å². The first kappa shape index (κ1) is 12.8. The van der Waals surface area contributed by atoms with Crippen molar-refractivity contribution in [2.24, 2.45) is 5.92 Å². The van der Waals surface area contributed by atoms with E-state index in [4.69, 9.17) is 4.74 Å². The number of hydrogen-bond acceptors (Lipinski definition) is 4. The molecular formula is C14H16BrN3O. The molecule has 1 aliphatic heterocycles. The summed E-state index contributed by atoms with van der Waals surface area (Å²) in [5.74, 6) is 1.57. The van der Waals surface area contributed by atoms with Crippen LogP contribution in [-0.2, 0) is 0 Å². The summed E-state index contributed by atoms with van der Waals surface area (Å²) in [4.78, 5) is 8.69. The van der Waals surface area contributed by atoms with Gasteiger partial charge in [0.05, 0.1) is 12.1 Å². The summed E-state index contributed by atoms with van der Waals surface area (Å²) >= 11 is 3.40. The molecule has 3 heterocycles. The third-order valence-electron chi connectivity index (χ3n) is 3.45. The second-order valence-electron chi connectivity index (χ2n) is 4.83. The van der Waals surface area contributed by atoms with Crippen LogP contribution in [0.1, 0.15) is 12.8 Å². The molecule has 0 amide bonds. The second kappa shape index (κ2) is 5.84. The predicted octanol–water partition coefficient (Wildman–Crippen LogP) is 2.77. The van der Waals surface area contributed by atoms with Gasteiger partial charge < -0.3 is 10.1 Å². The molecule has 1 atom stereocenters. The normalized spacial score (nSPS) is 18.9. The fourth-order valence-electron chi connectivity index (χ4n) is 2.39. The lowest BCUT2D eigenvalue weighted by atomic mass is 10.1. The van der Waals surface area contributed by atoms with Crippen LogP contribution in [-0.4, -0.2) is 29.7 Å². The van der Waals surface area contributed by atoms with Gasteiger partial charge in [-0.1, -0.05) is 0 Å². The average Bonchev–Trinajstić information content (AvgIpc) is 2.92. The van der Waals surface area contributed by atoms with Crippen molar-refractivity contribution in [1.29, 1.82) is 0 Å². The molecule has 19 heavy (non-hydrogen) atoms. The number of rotatable bonds is 4. The minimum atomic E-state index is 0.739. The molecule has 1 fully saturated rings. The molecule has 4 nitrogen and oxygen atoms in total. The number of fused-ring (bicyclic) bond motifs is 1. The Balaban J connectivity index is 1.70. The largest absolute Gasteiger partial charge is 0.491 e. The van der Waals surface area contributed by atoms with E-state index in [0.717, 1.165) is 53.3 Å². The van der Waals surface area contributed by atoms with Crippen molar-refractivity contribution in [3.05, 3.63) is 29.0 Å². The van der Waals surface area contributed by atoms with Crippen molar-refractivity contribution in [1.82, 2.24) is 15.3 Å². The Morgan fingerprint density at radius 3 is 3.21 bits per heavy atom. The first-order valence-electron chi connectivity index (χ1n) is 6.57. The molecule has 1 N–H and O–H groups in total. The summed E-state index contributed by atoms with van der Waals surface area (Å²) in [7, 11) is 0. The fraction of sp³-hybridized carbons (Fsp3) is 0.429. The highest BCUT2D eigenvalue weighted by molar-refractivity contribution is 9.10. The second-order valence-corrected chi connectivity index (χ2v) is 5.74. The fourth-order valence-corrected chi connectivity index (χ4v) is 2.71. The van der Waals surface area contributed by atoms with E-state index in [1.165, 1.54) is 6.42 Å². The van der Waals surface area contributed by atoms with Crippen LogP contribution in [0.4, 0.5) is 0 Å². The van der Waals surface area contributed by atoms with Crippen LogP contribution in [0.25, 0.3) is 11.0 Å². The number of nitrogens with one attached hydrogen (secondary N) is 1. The van der Waals surface area contributed by atoms with Crippen LogP contribution in [0, 0.1) is 5.92 Å². The van der Waals surface area contributed by atoms with Crippen molar-refractivity contribution in [3.8, 4) is 5.75 Å². The quantitative estimate of drug-likeness (QED) is 0.940. The zero-order valence-electron chi connectivity index (χ0n) is 10.6. The zero-order valence-corrected chi connectivity index (χ0v) is 12.2. The van der Waals surface area contributed by atoms with Gasteiger partial charge in [-0.25, -0.2) is 4.98 Å². The Hall–Kier alpha value is -1.20. The van der Waals surface area contributed by atoms with Gasteiger partial charge in [0.1, 0.15) is 11.3 Å². The number of halogens is 1. The lowest BCUT2D eigenvalue weighted by molar-refractivity contribution is 0.286. The van der Waals surface area contributed by atoms with E-state index < -0.39 is 0 Å². The number of nitrogens with zero attached hydrogens (tertiary/aromatic N) is 2. The van der Waals surface area contributed by atoms with Gasteiger partial charge in [-0.05, 0) is 53.8 Å². The number of aromatic nitrogens is 2. The number of hydrogen-bond donors (Lipinski definition) is 1. The molecule has 3 rings (SSSR count). The highest BCUT2D eigenvalue weighted by atomic mass is 79.9. The smallest absolute Gasteiger partial charge is 0.148 e. The molecule has 0 spiro atoms. The molecule has 2 aromatic heterocycles. The molecule has 0 aromatic carbocycles. The molecule has 1 saturated heterocycles. The van der Waals surface area contributed by atoms with Crippen LogP contribution in [0.2, 0.25) is 0 Å². The van der Waals surface area contributed by atoms with E-state index in [-0.39, 0.29) is 0 Å². The molecule has 5 heteroatoms. The van der Waals surface area contributed by atoms with Crippen molar-refractivity contribution in [2.45, 2.75) is 12.8 Å². The molecule has 100 valence electrons. The molecule has 0 aliphatic carbocycles. The van der Waals surface area contributed by atoms with Gasteiger partial charge in [0.15, 0.2) is 0 Å². The van der Waals surface area contributed by atoms with Crippen molar-refractivity contribution in [2.75, 3.05) is 19.7 Å². The Kier molecular flexibility index (Phi) is 3.94. The van der Waals surface area contributed by atoms with Gasteiger partial charge in [0.2, 0.25) is 0 Å². The minimum Gasteiger partial charge on any atom is -0.491 e. The number of pyridine rings is 2. The lowest BCUT2D eigenvalue weighted by Gasteiger charge is -2.11. The van der Waals surface area contributed by atoms with E-state index in [9.17, 15) is 0 Å². The monoisotopic (exact) mass is 321 g/mol. The Morgan fingerprint density at radius 1 is 1.42 bits per heavy atom. The lowest BCUT2D eigenvalue weighted by Crippen LogP contribution is -2.11. The molecule has 0 radical (unpaired) electrons. The topological polar surface area (TPSA) is 47.0 Å². The molecule has 1 aliphatic rings. The van der Waals surface area contributed by atoms with Gasteiger partial charge in [0.25, 0.3) is 0 Å². The van der Waals surface area contributed by atoms with Crippen LogP contribution in [0.5, 0.6) is 5.75 Å². The summed E-state index contributed by atoms with van der Waals surface area (Å²) in [5.41, 5.74) is 1.68. The van der Waals surface area contributed by atoms with Crippen LogP contribution < -0.4 is 10.1 Å². The SMILES string of the molecule is Brc1cnc2c(OCCC3CCNC3)ccnc2c1. The van der Waals surface area contributed by atoms with Crippen LogP contribution in [0.15, 0.2) is 29.0 Å². The standard InChI is InChI=1S/C14H16BrN3O/c15-11-7-12-14(18-9-11)13(2-5-17-12)19-6-3-10-1-4-16-8-10/h2,5,7,9-10,16H,1,3-4,6,8H2. The Labute approximate surface area is 120 Å². The molecule has 2 aromatic rings. The van der Waals surface area contributed by atoms with Crippen molar-refractivity contribution < 1.29 is 4.74 Å². The third-order valence-corrected chi connectivity index (χ3v) is 3.89. The van der Waals surface area contributed by atoms with E-state index in [1.54, 1.807) is 12.4 Å². The maximum Gasteiger partial charge on any atom is 0.148 e. The summed E-state index contributed by atoms with van der Waals surface area (Å²) < 4.78 is 6.81. The van der Waals surface area contributed by atoms with Crippen molar-refractivity contribution >= 4 is 27.0 Å². The van der Waals surface area contributed by atoms with Gasteiger partial charge in [-0.15, -0.1) is 0 Å². The summed E-state index contributed by atoms with van der Waals surface area (Å²) in [6.45, 7) is 2.99. The Bertz CT molecular complexity index is 570. The van der Waals surface area contributed by atoms with E-state index in [2.05, 4.69) is 31.2 Å². The van der Waals surface area contributed by atoms with E-state index in [0.29, 0.717) is 0 Å². The highest BCUT2D eigenvalue weighted by Gasteiger charge is 2.14. The van der Waals surface area contributed by atoms with Crippen LogP contribution in [0.3, 0.4) is 0 Å². The van der Waals surface area contributed by atoms with Gasteiger partial charge >= 0.3 is 0 Å². The van der Waals surface area contributed by atoms with E-state index >= 15 is 0 Å². The summed E-state index contributed by atoms with van der Waals surface area (Å²) in [6.07, 6.45) is 5.89. The van der Waals surface area contributed by atoms with E-state index in [1.807, 2.05) is 12.1 Å². The number of ether oxygens (including phenoxy) is 1. The van der Waals surface area contributed by atoms with Crippen molar-refractivity contribution in [3.63, 3.8) is 0 Å². The van der Waals surface area contributed by atoms with Gasteiger partial charge in [0, 0.05) is 22.9 Å². The molecular weight excluding hydrogens is 306 g/mol. The molecule has 0 saturated carbocycles. The summed E-state index contributed by atoms with van der Waals surface area (Å²) in [6, 6.07) is 3.84. The highest BCUT2D eigenvalue weighted by Crippen LogP contribution is 2.24. The molecule has 0 bridgehead atoms. The third kappa shape index (κ3) is 3.04. The maximum atomic E-state index is 5.88. The zero-order chi connectivity index (χ0) is 13.1.